The molecule has 1 unspecified atom stereocenters. The van der Waals surface area contributed by atoms with Gasteiger partial charge in [-0.1, -0.05) is 20.3 Å². The fourth-order valence-corrected chi connectivity index (χ4v) is 1.80. The fraction of sp³-hybridized carbons (Fsp3) is 0.900. The van der Waals surface area contributed by atoms with Crippen molar-refractivity contribution in [3.05, 3.63) is 5.92 Å². The Morgan fingerprint density at radius 3 is 2.64 bits per heavy atom. The lowest BCUT2D eigenvalue weighted by atomic mass is 10.0. The third kappa shape index (κ3) is 2.82. The van der Waals surface area contributed by atoms with E-state index in [1.165, 1.54) is 32.4 Å². The van der Waals surface area contributed by atoms with Crippen LogP contribution in [0.1, 0.15) is 40.0 Å². The molecule has 0 aromatic heterocycles. The molecule has 1 fully saturated rings. The molecule has 0 aliphatic carbocycles. The summed E-state index contributed by atoms with van der Waals surface area (Å²) < 4.78 is 0. The maximum atomic E-state index is 2.60. The zero-order chi connectivity index (χ0) is 8.27. The second-order valence-electron chi connectivity index (χ2n) is 4.02. The van der Waals surface area contributed by atoms with Gasteiger partial charge in [0.05, 0.1) is 0 Å². The van der Waals surface area contributed by atoms with Gasteiger partial charge < -0.3 is 4.90 Å². The molecule has 1 aliphatic rings. The van der Waals surface area contributed by atoms with Gasteiger partial charge in [0.1, 0.15) is 0 Å². The van der Waals surface area contributed by atoms with Gasteiger partial charge in [-0.15, -0.1) is 0 Å². The molecule has 1 nitrogen and oxygen atoms in total. The van der Waals surface area contributed by atoms with E-state index >= 15 is 0 Å². The van der Waals surface area contributed by atoms with Crippen LogP contribution in [-0.2, 0) is 0 Å². The highest BCUT2D eigenvalue weighted by atomic mass is 15.2. The SMILES string of the molecule is C[C](C)CN1CCCCC1C. The Morgan fingerprint density at radius 2 is 2.09 bits per heavy atom. The largest absolute Gasteiger partial charge is 0.300 e. The van der Waals surface area contributed by atoms with Gasteiger partial charge in [0.15, 0.2) is 0 Å². The maximum Gasteiger partial charge on any atom is 0.00671 e. The summed E-state index contributed by atoms with van der Waals surface area (Å²) in [5, 5.41) is 0. The van der Waals surface area contributed by atoms with Gasteiger partial charge in [-0.05, 0) is 32.2 Å². The standard InChI is InChI=1S/C10H20N/c1-9(2)8-11-7-5-4-6-10(11)3/h10H,4-8H2,1-3H3. The zero-order valence-electron chi connectivity index (χ0n) is 8.06. The predicted molar refractivity (Wildman–Crippen MR) is 49.5 cm³/mol. The Labute approximate surface area is 70.8 Å². The summed E-state index contributed by atoms with van der Waals surface area (Å²) in [6.07, 6.45) is 4.23. The molecule has 0 saturated carbocycles. The van der Waals surface area contributed by atoms with E-state index in [0.717, 1.165) is 6.04 Å². The van der Waals surface area contributed by atoms with E-state index in [1.54, 1.807) is 5.92 Å². The van der Waals surface area contributed by atoms with E-state index in [0.29, 0.717) is 0 Å². The average Bonchev–Trinajstić information content (AvgIpc) is 1.93. The van der Waals surface area contributed by atoms with Crippen LogP contribution in [0.4, 0.5) is 0 Å². The molecule has 1 heteroatoms. The number of nitrogens with zero attached hydrogens (tertiary/aromatic N) is 1. The molecule has 1 heterocycles. The van der Waals surface area contributed by atoms with Gasteiger partial charge in [0, 0.05) is 12.6 Å². The first kappa shape index (κ1) is 9.05. The Hall–Kier alpha value is -0.0400. The van der Waals surface area contributed by atoms with Crippen LogP contribution >= 0.6 is 0 Å². The topological polar surface area (TPSA) is 3.24 Å². The third-order valence-corrected chi connectivity index (χ3v) is 2.46. The third-order valence-electron chi connectivity index (χ3n) is 2.46. The highest BCUT2D eigenvalue weighted by Gasteiger charge is 2.18. The van der Waals surface area contributed by atoms with E-state index in [4.69, 9.17) is 0 Å². The van der Waals surface area contributed by atoms with E-state index in [9.17, 15) is 0 Å². The van der Waals surface area contributed by atoms with E-state index < -0.39 is 0 Å². The molecule has 0 amide bonds. The molecule has 1 rings (SSSR count). The minimum Gasteiger partial charge on any atom is -0.300 e. The van der Waals surface area contributed by atoms with Crippen LogP contribution in [-0.4, -0.2) is 24.0 Å². The molecule has 0 aromatic carbocycles. The first-order chi connectivity index (χ1) is 5.20. The van der Waals surface area contributed by atoms with Crippen molar-refractivity contribution in [1.82, 2.24) is 4.90 Å². The smallest absolute Gasteiger partial charge is 0.00671 e. The summed E-state index contributed by atoms with van der Waals surface area (Å²) >= 11 is 0. The molecule has 11 heavy (non-hydrogen) atoms. The van der Waals surface area contributed by atoms with Gasteiger partial charge in [-0.3, -0.25) is 0 Å². The summed E-state index contributed by atoms with van der Waals surface area (Å²) in [6, 6.07) is 0.818. The lowest BCUT2D eigenvalue weighted by Crippen LogP contribution is -2.39. The first-order valence-corrected chi connectivity index (χ1v) is 4.73. The molecule has 1 radical (unpaired) electrons. The number of hydrogen-bond donors (Lipinski definition) is 0. The molecule has 0 spiro atoms. The number of likely N-dealkylation sites (tertiary alicyclic amines) is 1. The summed E-state index contributed by atoms with van der Waals surface area (Å²) in [7, 11) is 0. The highest BCUT2D eigenvalue weighted by molar-refractivity contribution is 4.85. The van der Waals surface area contributed by atoms with Crippen LogP contribution < -0.4 is 0 Å². The van der Waals surface area contributed by atoms with Gasteiger partial charge in [-0.2, -0.15) is 0 Å². The summed E-state index contributed by atoms with van der Waals surface area (Å²) in [5.41, 5.74) is 0. The minimum absolute atomic E-state index is 0.818. The Balaban J connectivity index is 2.29. The van der Waals surface area contributed by atoms with Gasteiger partial charge in [-0.25, -0.2) is 0 Å². The molecular weight excluding hydrogens is 134 g/mol. The number of piperidine rings is 1. The van der Waals surface area contributed by atoms with Crippen molar-refractivity contribution in [3.8, 4) is 0 Å². The number of hydrogen-bond acceptors (Lipinski definition) is 1. The fourth-order valence-electron chi connectivity index (χ4n) is 1.80. The predicted octanol–water partition coefficient (Wildman–Crippen LogP) is 2.48. The molecule has 0 aromatic rings. The lowest BCUT2D eigenvalue weighted by molar-refractivity contribution is 0.167. The minimum atomic E-state index is 0.818. The van der Waals surface area contributed by atoms with Gasteiger partial charge in [0.2, 0.25) is 0 Å². The second kappa shape index (κ2) is 4.10. The number of rotatable bonds is 2. The van der Waals surface area contributed by atoms with Crippen molar-refractivity contribution >= 4 is 0 Å². The molecule has 0 bridgehead atoms. The molecule has 1 aliphatic heterocycles. The van der Waals surface area contributed by atoms with Crippen molar-refractivity contribution in [1.29, 1.82) is 0 Å². The second-order valence-corrected chi connectivity index (χ2v) is 4.02. The van der Waals surface area contributed by atoms with Gasteiger partial charge >= 0.3 is 0 Å². The molecule has 65 valence electrons. The monoisotopic (exact) mass is 154 g/mol. The normalized spacial score (nSPS) is 27.8. The Kier molecular flexibility index (Phi) is 3.38. The van der Waals surface area contributed by atoms with Crippen LogP contribution in [0.2, 0.25) is 0 Å². The summed E-state index contributed by atoms with van der Waals surface area (Å²) in [4.78, 5) is 2.60. The van der Waals surface area contributed by atoms with Gasteiger partial charge in [0.25, 0.3) is 0 Å². The van der Waals surface area contributed by atoms with Crippen LogP contribution in [0.15, 0.2) is 0 Å². The molecule has 0 N–H and O–H groups in total. The summed E-state index contributed by atoms with van der Waals surface area (Å²) in [6.45, 7) is 9.32. The van der Waals surface area contributed by atoms with Crippen LogP contribution in [0.3, 0.4) is 0 Å². The molecule has 1 atom stereocenters. The highest BCUT2D eigenvalue weighted by Crippen LogP contribution is 2.17. The quantitative estimate of drug-likeness (QED) is 0.590. The summed E-state index contributed by atoms with van der Waals surface area (Å²) in [5.74, 6) is 1.54. The zero-order valence-corrected chi connectivity index (χ0v) is 8.06. The van der Waals surface area contributed by atoms with E-state index in [1.807, 2.05) is 0 Å². The lowest BCUT2D eigenvalue weighted by Gasteiger charge is -2.34. The molecule has 1 saturated heterocycles. The Bertz CT molecular complexity index is 109. The van der Waals surface area contributed by atoms with Crippen molar-refractivity contribution < 1.29 is 0 Å². The van der Waals surface area contributed by atoms with E-state index in [-0.39, 0.29) is 0 Å². The molecular formula is C10H20N. The maximum absolute atomic E-state index is 2.60. The van der Waals surface area contributed by atoms with Crippen molar-refractivity contribution in [2.45, 2.75) is 46.1 Å². The average molecular weight is 154 g/mol. The van der Waals surface area contributed by atoms with Crippen LogP contribution in [0.5, 0.6) is 0 Å². The van der Waals surface area contributed by atoms with Crippen LogP contribution in [0.25, 0.3) is 0 Å². The Morgan fingerprint density at radius 1 is 1.36 bits per heavy atom. The van der Waals surface area contributed by atoms with Crippen molar-refractivity contribution in [2.75, 3.05) is 13.1 Å². The first-order valence-electron chi connectivity index (χ1n) is 4.73. The van der Waals surface area contributed by atoms with Crippen molar-refractivity contribution in [2.24, 2.45) is 0 Å². The van der Waals surface area contributed by atoms with Crippen LogP contribution in [0, 0.1) is 5.92 Å². The van der Waals surface area contributed by atoms with Crippen molar-refractivity contribution in [3.63, 3.8) is 0 Å². The van der Waals surface area contributed by atoms with E-state index in [2.05, 4.69) is 25.7 Å².